The summed E-state index contributed by atoms with van der Waals surface area (Å²) in [5, 5.41) is 0. The summed E-state index contributed by atoms with van der Waals surface area (Å²) in [6.45, 7) is 5.58. The summed E-state index contributed by atoms with van der Waals surface area (Å²) in [7, 11) is 2.09. The van der Waals surface area contributed by atoms with Crippen LogP contribution in [0.1, 0.15) is 12.8 Å². The molecule has 2 heteroatoms. The molecule has 1 heterocycles. The van der Waals surface area contributed by atoms with Crippen LogP contribution in [0, 0.1) is 5.92 Å². The van der Waals surface area contributed by atoms with E-state index in [1.807, 2.05) is 0 Å². The van der Waals surface area contributed by atoms with E-state index in [4.69, 9.17) is 0 Å². The van der Waals surface area contributed by atoms with E-state index in [0.717, 1.165) is 25.9 Å². The Hall–Kier alpha value is -0.630. The first-order valence-electron chi connectivity index (χ1n) is 4.09. The number of allylic oxidation sites excluding steroid dienone is 1. The normalized spacial score (nSPS) is 21.5. The molecule has 0 spiro atoms. The second-order valence-corrected chi connectivity index (χ2v) is 3.18. The maximum atomic E-state index is 11.1. The molecule has 0 unspecified atom stereocenters. The third-order valence-corrected chi connectivity index (χ3v) is 2.32. The smallest absolute Gasteiger partial charge is 0.158 e. The molecule has 0 aromatic heterocycles. The third-order valence-electron chi connectivity index (χ3n) is 2.32. The van der Waals surface area contributed by atoms with Crippen LogP contribution in [0.2, 0.25) is 0 Å². The molecule has 1 fully saturated rings. The fraction of sp³-hybridized carbons (Fsp3) is 0.667. The van der Waals surface area contributed by atoms with Gasteiger partial charge in [0.2, 0.25) is 0 Å². The van der Waals surface area contributed by atoms with Crippen molar-refractivity contribution >= 4 is 5.78 Å². The molecule has 11 heavy (non-hydrogen) atoms. The van der Waals surface area contributed by atoms with E-state index in [9.17, 15) is 4.79 Å². The van der Waals surface area contributed by atoms with Crippen LogP contribution in [0.15, 0.2) is 12.7 Å². The molecule has 62 valence electrons. The summed E-state index contributed by atoms with van der Waals surface area (Å²) in [5.41, 5.74) is 0. The standard InChI is InChI=1S/C9H15NO/c1-3-9(11)8-4-6-10(2)7-5-8/h3,8H,1,4-7H2,2H3. The molecule has 0 N–H and O–H groups in total. The monoisotopic (exact) mass is 153 g/mol. The van der Waals surface area contributed by atoms with Gasteiger partial charge in [-0.15, -0.1) is 0 Å². The second kappa shape index (κ2) is 3.67. The molecule has 0 radical (unpaired) electrons. The Bertz CT molecular complexity index is 157. The van der Waals surface area contributed by atoms with Crippen LogP contribution in [-0.4, -0.2) is 30.8 Å². The van der Waals surface area contributed by atoms with Crippen molar-refractivity contribution in [2.24, 2.45) is 5.92 Å². The van der Waals surface area contributed by atoms with Gasteiger partial charge < -0.3 is 4.90 Å². The van der Waals surface area contributed by atoms with Crippen molar-refractivity contribution in [2.75, 3.05) is 20.1 Å². The molecule has 0 aromatic carbocycles. The minimum absolute atomic E-state index is 0.220. The molecule has 0 saturated carbocycles. The number of piperidine rings is 1. The van der Waals surface area contributed by atoms with Crippen LogP contribution in [0.3, 0.4) is 0 Å². The fourth-order valence-corrected chi connectivity index (χ4v) is 1.46. The highest BCUT2D eigenvalue weighted by molar-refractivity contribution is 5.91. The van der Waals surface area contributed by atoms with Gasteiger partial charge in [0.15, 0.2) is 5.78 Å². The van der Waals surface area contributed by atoms with Gasteiger partial charge in [-0.25, -0.2) is 0 Å². The average Bonchev–Trinajstić information content (AvgIpc) is 2.05. The lowest BCUT2D eigenvalue weighted by atomic mass is 9.93. The van der Waals surface area contributed by atoms with Crippen molar-refractivity contribution in [2.45, 2.75) is 12.8 Å². The molecule has 0 amide bonds. The minimum atomic E-state index is 0.220. The molecule has 2 nitrogen and oxygen atoms in total. The van der Waals surface area contributed by atoms with Crippen LogP contribution in [0.25, 0.3) is 0 Å². The van der Waals surface area contributed by atoms with Crippen LogP contribution in [0.5, 0.6) is 0 Å². The Labute approximate surface area is 67.9 Å². The van der Waals surface area contributed by atoms with Crippen molar-refractivity contribution in [3.05, 3.63) is 12.7 Å². The molecular weight excluding hydrogens is 138 g/mol. The lowest BCUT2D eigenvalue weighted by molar-refractivity contribution is -0.119. The van der Waals surface area contributed by atoms with Gasteiger partial charge in [-0.2, -0.15) is 0 Å². The number of likely N-dealkylation sites (tertiary alicyclic amines) is 1. The molecule has 1 rings (SSSR count). The van der Waals surface area contributed by atoms with Crippen molar-refractivity contribution in [3.8, 4) is 0 Å². The summed E-state index contributed by atoms with van der Waals surface area (Å²) >= 11 is 0. The van der Waals surface area contributed by atoms with Crippen molar-refractivity contribution in [1.82, 2.24) is 4.90 Å². The lowest BCUT2D eigenvalue weighted by Gasteiger charge is -2.27. The quantitative estimate of drug-likeness (QED) is 0.553. The lowest BCUT2D eigenvalue weighted by Crippen LogP contribution is -2.32. The number of hydrogen-bond acceptors (Lipinski definition) is 2. The van der Waals surface area contributed by atoms with Crippen molar-refractivity contribution in [3.63, 3.8) is 0 Å². The zero-order valence-corrected chi connectivity index (χ0v) is 7.05. The molecule has 1 aliphatic heterocycles. The van der Waals surface area contributed by atoms with E-state index < -0.39 is 0 Å². The summed E-state index contributed by atoms with van der Waals surface area (Å²) in [6.07, 6.45) is 3.46. The van der Waals surface area contributed by atoms with E-state index in [2.05, 4.69) is 18.5 Å². The van der Waals surface area contributed by atoms with Crippen LogP contribution < -0.4 is 0 Å². The largest absolute Gasteiger partial charge is 0.306 e. The second-order valence-electron chi connectivity index (χ2n) is 3.18. The van der Waals surface area contributed by atoms with Gasteiger partial charge in [0.1, 0.15) is 0 Å². The summed E-state index contributed by atoms with van der Waals surface area (Å²) in [6, 6.07) is 0. The highest BCUT2D eigenvalue weighted by Gasteiger charge is 2.20. The number of carbonyl (C=O) groups is 1. The first-order valence-corrected chi connectivity index (χ1v) is 4.09. The molecule has 0 aromatic rings. The van der Waals surface area contributed by atoms with Gasteiger partial charge in [-0.1, -0.05) is 6.58 Å². The maximum Gasteiger partial charge on any atom is 0.158 e. The van der Waals surface area contributed by atoms with E-state index in [0.29, 0.717) is 0 Å². The number of carbonyl (C=O) groups excluding carboxylic acids is 1. The predicted molar refractivity (Wildman–Crippen MR) is 45.4 cm³/mol. The van der Waals surface area contributed by atoms with Gasteiger partial charge in [0, 0.05) is 5.92 Å². The molecule has 0 bridgehead atoms. The third kappa shape index (κ3) is 2.15. The fourth-order valence-electron chi connectivity index (χ4n) is 1.46. The van der Waals surface area contributed by atoms with E-state index in [1.54, 1.807) is 0 Å². The number of ketones is 1. The molecule has 1 saturated heterocycles. The minimum Gasteiger partial charge on any atom is -0.306 e. The van der Waals surface area contributed by atoms with Gasteiger partial charge in [0.25, 0.3) is 0 Å². The highest BCUT2D eigenvalue weighted by atomic mass is 16.1. The summed E-state index contributed by atoms with van der Waals surface area (Å²) in [4.78, 5) is 13.4. The van der Waals surface area contributed by atoms with Crippen LogP contribution in [-0.2, 0) is 4.79 Å². The Balaban J connectivity index is 2.38. The zero-order valence-electron chi connectivity index (χ0n) is 7.05. The number of nitrogens with zero attached hydrogens (tertiary/aromatic N) is 1. The SMILES string of the molecule is C=CC(=O)C1CCN(C)CC1. The van der Waals surface area contributed by atoms with E-state index >= 15 is 0 Å². The molecule has 0 aliphatic carbocycles. The predicted octanol–water partition coefficient (Wildman–Crippen LogP) is 1.08. The highest BCUT2D eigenvalue weighted by Crippen LogP contribution is 2.16. The number of hydrogen-bond donors (Lipinski definition) is 0. The summed E-state index contributed by atoms with van der Waals surface area (Å²) in [5.74, 6) is 0.474. The van der Waals surface area contributed by atoms with Crippen LogP contribution in [0.4, 0.5) is 0 Å². The topological polar surface area (TPSA) is 20.3 Å². The Morgan fingerprint density at radius 2 is 2.09 bits per heavy atom. The van der Waals surface area contributed by atoms with Crippen molar-refractivity contribution < 1.29 is 4.79 Å². The van der Waals surface area contributed by atoms with E-state index in [-0.39, 0.29) is 11.7 Å². The van der Waals surface area contributed by atoms with E-state index in [1.165, 1.54) is 6.08 Å². The van der Waals surface area contributed by atoms with Gasteiger partial charge in [-0.05, 0) is 39.1 Å². The van der Waals surface area contributed by atoms with Crippen molar-refractivity contribution in [1.29, 1.82) is 0 Å². The van der Waals surface area contributed by atoms with Crippen LogP contribution >= 0.6 is 0 Å². The molecule has 1 aliphatic rings. The summed E-state index contributed by atoms with van der Waals surface area (Å²) < 4.78 is 0. The Morgan fingerprint density at radius 3 is 2.55 bits per heavy atom. The number of rotatable bonds is 2. The average molecular weight is 153 g/mol. The first-order chi connectivity index (χ1) is 5.24. The Morgan fingerprint density at radius 1 is 1.55 bits per heavy atom. The zero-order chi connectivity index (χ0) is 8.27. The molecular formula is C9H15NO. The Kier molecular flexibility index (Phi) is 2.83. The van der Waals surface area contributed by atoms with Gasteiger partial charge in [-0.3, -0.25) is 4.79 Å². The first kappa shape index (κ1) is 8.47. The van der Waals surface area contributed by atoms with Gasteiger partial charge >= 0.3 is 0 Å². The maximum absolute atomic E-state index is 11.1. The molecule has 0 atom stereocenters. The van der Waals surface area contributed by atoms with Gasteiger partial charge in [0.05, 0.1) is 0 Å².